The molecule has 0 atom stereocenters. The van der Waals surface area contributed by atoms with Crippen molar-refractivity contribution in [3.63, 3.8) is 0 Å². The minimum absolute atomic E-state index is 0.0693. The molecule has 1 aliphatic heterocycles. The number of rotatable bonds is 2. The number of nitriles is 1. The summed E-state index contributed by atoms with van der Waals surface area (Å²) < 4.78 is 0.312. The Balaban J connectivity index is 2.00. The lowest BCUT2D eigenvalue weighted by Gasteiger charge is -2.15. The fraction of sp³-hybridized carbons (Fsp3) is 0. The average Bonchev–Trinajstić information content (AvgIpc) is 2.84. The third-order valence-corrected chi connectivity index (χ3v) is 4.66. The molecule has 0 aromatic heterocycles. The Kier molecular flexibility index (Phi) is 4.25. The zero-order valence-corrected chi connectivity index (χ0v) is 13.8. The summed E-state index contributed by atoms with van der Waals surface area (Å²) in [6.45, 7) is 0. The van der Waals surface area contributed by atoms with Crippen LogP contribution in [-0.2, 0) is 4.79 Å². The molecule has 5 nitrogen and oxygen atoms in total. The van der Waals surface area contributed by atoms with Gasteiger partial charge in [-0.2, -0.15) is 5.26 Å². The van der Waals surface area contributed by atoms with Crippen LogP contribution in [0.3, 0.4) is 0 Å². The van der Waals surface area contributed by atoms with Gasteiger partial charge in [-0.1, -0.05) is 36.1 Å². The van der Waals surface area contributed by atoms with E-state index >= 15 is 0 Å². The molecule has 0 aliphatic carbocycles. The van der Waals surface area contributed by atoms with Crippen molar-refractivity contribution in [1.29, 1.82) is 5.26 Å². The Morgan fingerprint density at radius 2 is 1.96 bits per heavy atom. The average molecular weight is 354 g/mol. The number of nitrogens with zero attached hydrogens (tertiary/aromatic N) is 2. The molecule has 1 fully saturated rings. The van der Waals surface area contributed by atoms with Crippen LogP contribution >= 0.6 is 24.0 Å². The van der Waals surface area contributed by atoms with Crippen molar-refractivity contribution in [3.05, 3.63) is 58.5 Å². The minimum Gasteiger partial charge on any atom is -0.508 e. The van der Waals surface area contributed by atoms with Crippen molar-refractivity contribution < 1.29 is 15.0 Å². The molecule has 118 valence electrons. The zero-order valence-electron chi connectivity index (χ0n) is 12.1. The number of hydrogen-bond acceptors (Lipinski definition) is 6. The molecule has 2 N–H and O–H groups in total. The fourth-order valence-corrected chi connectivity index (χ4v) is 3.51. The van der Waals surface area contributed by atoms with Crippen molar-refractivity contribution >= 4 is 46.0 Å². The van der Waals surface area contributed by atoms with Crippen LogP contribution in [0.25, 0.3) is 6.08 Å². The van der Waals surface area contributed by atoms with Gasteiger partial charge in [-0.05, 0) is 30.3 Å². The van der Waals surface area contributed by atoms with Crippen LogP contribution in [0.1, 0.15) is 11.1 Å². The normalized spacial score (nSPS) is 15.8. The first-order valence-corrected chi connectivity index (χ1v) is 8.03. The van der Waals surface area contributed by atoms with Gasteiger partial charge in [0.05, 0.1) is 16.2 Å². The van der Waals surface area contributed by atoms with Gasteiger partial charge in [-0.3, -0.25) is 9.69 Å². The van der Waals surface area contributed by atoms with E-state index in [1.807, 2.05) is 6.07 Å². The Hall–Kier alpha value is -2.82. The number of carbonyl (C=O) groups is 1. The number of thioether (sulfide) groups is 1. The molecule has 3 rings (SSSR count). The number of phenols is 2. The molecule has 1 saturated heterocycles. The van der Waals surface area contributed by atoms with Gasteiger partial charge >= 0.3 is 0 Å². The highest BCUT2D eigenvalue weighted by molar-refractivity contribution is 8.27. The molecular formula is C17H10N2O3S2. The summed E-state index contributed by atoms with van der Waals surface area (Å²) in [5, 5.41) is 28.4. The highest BCUT2D eigenvalue weighted by Gasteiger charge is 2.34. The number of hydrogen-bond donors (Lipinski definition) is 2. The minimum atomic E-state index is -0.361. The molecule has 1 amide bonds. The predicted octanol–water partition coefficient (Wildman–Crippen LogP) is 3.38. The van der Waals surface area contributed by atoms with Gasteiger partial charge in [0, 0.05) is 11.6 Å². The molecule has 1 heterocycles. The molecule has 0 saturated carbocycles. The number of thiocarbonyl (C=S) groups is 1. The Morgan fingerprint density at radius 1 is 1.21 bits per heavy atom. The van der Waals surface area contributed by atoms with E-state index in [2.05, 4.69) is 0 Å². The van der Waals surface area contributed by atoms with E-state index < -0.39 is 0 Å². The maximum atomic E-state index is 12.7. The fourth-order valence-electron chi connectivity index (χ4n) is 2.23. The van der Waals surface area contributed by atoms with Gasteiger partial charge in [0.25, 0.3) is 5.91 Å². The molecule has 0 spiro atoms. The Morgan fingerprint density at radius 3 is 2.67 bits per heavy atom. The standard InChI is InChI=1S/C17H10N2O3S2/c18-9-11-3-1-2-4-13(11)19-16(22)15(24-17(19)23)7-10-5-6-12(20)8-14(10)21/h1-8,20-21H/b15-7-. The molecule has 0 unspecified atom stereocenters. The van der Waals surface area contributed by atoms with Crippen molar-refractivity contribution in [2.24, 2.45) is 0 Å². The molecular weight excluding hydrogens is 344 g/mol. The molecule has 0 radical (unpaired) electrons. The Bertz CT molecular complexity index is 932. The van der Waals surface area contributed by atoms with Crippen LogP contribution in [0.15, 0.2) is 47.4 Å². The first-order chi connectivity index (χ1) is 11.5. The van der Waals surface area contributed by atoms with Crippen molar-refractivity contribution in [2.75, 3.05) is 4.90 Å². The third kappa shape index (κ3) is 2.85. The SMILES string of the molecule is N#Cc1ccccc1N1C(=O)/C(=C/c2ccc(O)cc2O)SC1=S. The van der Waals surface area contributed by atoms with E-state index in [0.29, 0.717) is 26.0 Å². The van der Waals surface area contributed by atoms with Gasteiger partial charge in [0.15, 0.2) is 4.32 Å². The number of carbonyl (C=O) groups excluding carboxylic acids is 1. The molecule has 7 heteroatoms. The van der Waals surface area contributed by atoms with Crippen LogP contribution in [0.4, 0.5) is 5.69 Å². The van der Waals surface area contributed by atoms with Crippen LogP contribution in [-0.4, -0.2) is 20.4 Å². The molecule has 0 bridgehead atoms. The summed E-state index contributed by atoms with van der Waals surface area (Å²) in [5.41, 5.74) is 1.17. The maximum absolute atomic E-state index is 12.7. The van der Waals surface area contributed by atoms with Crippen molar-refractivity contribution in [2.45, 2.75) is 0 Å². The topological polar surface area (TPSA) is 84.6 Å². The smallest absolute Gasteiger partial charge is 0.270 e. The van der Waals surface area contributed by atoms with Crippen LogP contribution in [0.2, 0.25) is 0 Å². The largest absolute Gasteiger partial charge is 0.508 e. The number of para-hydroxylation sites is 1. The second kappa shape index (κ2) is 6.35. The van der Waals surface area contributed by atoms with E-state index in [-0.39, 0.29) is 17.4 Å². The molecule has 1 aliphatic rings. The summed E-state index contributed by atoms with van der Waals surface area (Å²) in [5.74, 6) is -0.571. The van der Waals surface area contributed by atoms with Gasteiger partial charge in [-0.15, -0.1) is 0 Å². The van der Waals surface area contributed by atoms with Crippen LogP contribution in [0.5, 0.6) is 11.5 Å². The summed E-state index contributed by atoms with van der Waals surface area (Å²) in [4.78, 5) is 14.3. The number of amides is 1. The predicted molar refractivity (Wildman–Crippen MR) is 96.6 cm³/mol. The lowest BCUT2D eigenvalue weighted by atomic mass is 10.1. The number of aromatic hydroxyl groups is 2. The van der Waals surface area contributed by atoms with E-state index in [1.54, 1.807) is 24.3 Å². The van der Waals surface area contributed by atoms with Gasteiger partial charge < -0.3 is 10.2 Å². The van der Waals surface area contributed by atoms with E-state index in [1.165, 1.54) is 29.2 Å². The third-order valence-electron chi connectivity index (χ3n) is 3.36. The second-order valence-corrected chi connectivity index (χ2v) is 6.56. The lowest BCUT2D eigenvalue weighted by molar-refractivity contribution is -0.113. The highest BCUT2D eigenvalue weighted by Crippen LogP contribution is 2.38. The van der Waals surface area contributed by atoms with Crippen LogP contribution < -0.4 is 4.90 Å². The van der Waals surface area contributed by atoms with Crippen molar-refractivity contribution in [3.8, 4) is 17.6 Å². The van der Waals surface area contributed by atoms with E-state index in [4.69, 9.17) is 12.2 Å². The summed E-state index contributed by atoms with van der Waals surface area (Å²) in [6, 6.07) is 12.9. The quantitative estimate of drug-likeness (QED) is 0.635. The molecule has 2 aromatic carbocycles. The summed E-state index contributed by atoms with van der Waals surface area (Å²) in [7, 11) is 0. The first kappa shape index (κ1) is 16.1. The summed E-state index contributed by atoms with van der Waals surface area (Å²) >= 11 is 6.36. The number of benzene rings is 2. The molecule has 2 aromatic rings. The first-order valence-electron chi connectivity index (χ1n) is 6.80. The van der Waals surface area contributed by atoms with Crippen LogP contribution in [0, 0.1) is 11.3 Å². The van der Waals surface area contributed by atoms with Crippen molar-refractivity contribution in [1.82, 2.24) is 0 Å². The summed E-state index contributed by atoms with van der Waals surface area (Å²) in [6.07, 6.45) is 1.50. The molecule has 24 heavy (non-hydrogen) atoms. The van der Waals surface area contributed by atoms with E-state index in [0.717, 1.165) is 11.8 Å². The number of anilines is 1. The number of phenolic OH excluding ortho intramolecular Hbond substituents is 2. The monoisotopic (exact) mass is 354 g/mol. The second-order valence-electron chi connectivity index (χ2n) is 4.89. The van der Waals surface area contributed by atoms with Gasteiger partial charge in [0.2, 0.25) is 0 Å². The van der Waals surface area contributed by atoms with E-state index in [9.17, 15) is 20.3 Å². The maximum Gasteiger partial charge on any atom is 0.270 e. The zero-order chi connectivity index (χ0) is 17.3. The highest BCUT2D eigenvalue weighted by atomic mass is 32.2. The Labute approximate surface area is 147 Å². The van der Waals surface area contributed by atoms with Gasteiger partial charge in [-0.25, -0.2) is 0 Å². The van der Waals surface area contributed by atoms with Gasteiger partial charge in [0.1, 0.15) is 17.6 Å². The lowest BCUT2D eigenvalue weighted by Crippen LogP contribution is -2.28.